The quantitative estimate of drug-likeness (QED) is 0.745. The summed E-state index contributed by atoms with van der Waals surface area (Å²) in [5, 5.41) is 12.6. The minimum atomic E-state index is -0.348. The fraction of sp³-hybridized carbons (Fsp3) is 0.294. The third-order valence-corrected chi connectivity index (χ3v) is 4.07. The smallest absolute Gasteiger partial charge is 0.272 e. The van der Waals surface area contributed by atoms with E-state index >= 15 is 0 Å². The van der Waals surface area contributed by atoms with Crippen molar-refractivity contribution in [1.29, 1.82) is 0 Å². The summed E-state index contributed by atoms with van der Waals surface area (Å²) >= 11 is 0. The van der Waals surface area contributed by atoms with Crippen LogP contribution >= 0.6 is 0 Å². The Balaban J connectivity index is 1.91. The van der Waals surface area contributed by atoms with Gasteiger partial charge in [-0.1, -0.05) is 6.07 Å². The molecule has 3 rings (SSSR count). The van der Waals surface area contributed by atoms with E-state index in [0.29, 0.717) is 28.9 Å². The number of aromatic amines is 1. The van der Waals surface area contributed by atoms with Crippen molar-refractivity contribution < 1.29 is 14.7 Å². The molecule has 0 saturated carbocycles. The second kappa shape index (κ2) is 5.33. The van der Waals surface area contributed by atoms with Crippen LogP contribution in [-0.4, -0.2) is 21.8 Å². The van der Waals surface area contributed by atoms with Crippen LogP contribution in [0.2, 0.25) is 0 Å². The number of nitrogens with one attached hydrogen (secondary N) is 2. The van der Waals surface area contributed by atoms with Crippen LogP contribution in [-0.2, 0) is 6.42 Å². The standard InChI is InChI=1S/C17H18N2O3/c1-9-6-7-11(14(21)8-9)19-17(22)16-10(2)15-12(18-16)4-3-5-13(15)20/h6-8,18,21H,3-5H2,1-2H3,(H,19,22). The average molecular weight is 298 g/mol. The van der Waals surface area contributed by atoms with E-state index in [-0.39, 0.29) is 17.4 Å². The molecule has 1 heterocycles. The number of fused-ring (bicyclic) bond motifs is 1. The Kier molecular flexibility index (Phi) is 3.48. The first-order chi connectivity index (χ1) is 10.5. The average Bonchev–Trinajstić information content (AvgIpc) is 2.80. The molecule has 0 radical (unpaired) electrons. The lowest BCUT2D eigenvalue weighted by molar-refractivity contribution is 0.0971. The summed E-state index contributed by atoms with van der Waals surface area (Å²) in [6.45, 7) is 3.64. The largest absolute Gasteiger partial charge is 0.506 e. The number of Topliss-reactive ketones (excluding diaryl/α,β-unsaturated/α-hetero) is 1. The normalized spacial score (nSPS) is 13.8. The van der Waals surface area contributed by atoms with Crippen molar-refractivity contribution in [3.63, 3.8) is 0 Å². The van der Waals surface area contributed by atoms with Crippen molar-refractivity contribution in [1.82, 2.24) is 4.98 Å². The fourth-order valence-electron chi connectivity index (χ4n) is 2.93. The summed E-state index contributed by atoms with van der Waals surface area (Å²) in [6, 6.07) is 5.06. The van der Waals surface area contributed by atoms with Gasteiger partial charge < -0.3 is 15.4 Å². The number of carbonyl (C=O) groups is 2. The summed E-state index contributed by atoms with van der Waals surface area (Å²) in [7, 11) is 0. The first-order valence-electron chi connectivity index (χ1n) is 7.33. The second-order valence-corrected chi connectivity index (χ2v) is 5.73. The number of hydrogen-bond acceptors (Lipinski definition) is 3. The topological polar surface area (TPSA) is 82.2 Å². The molecule has 1 aliphatic carbocycles. The molecule has 1 aromatic carbocycles. The van der Waals surface area contributed by atoms with E-state index in [1.165, 1.54) is 0 Å². The van der Waals surface area contributed by atoms with Crippen LogP contribution in [0.15, 0.2) is 18.2 Å². The summed E-state index contributed by atoms with van der Waals surface area (Å²) in [5.74, 6) is -0.232. The molecular formula is C17H18N2O3. The minimum absolute atomic E-state index is 0.0263. The Hall–Kier alpha value is -2.56. The predicted octanol–water partition coefficient (Wildman–Crippen LogP) is 3.11. The zero-order valence-corrected chi connectivity index (χ0v) is 12.6. The lowest BCUT2D eigenvalue weighted by Gasteiger charge is -2.09. The number of rotatable bonds is 2. The Labute approximate surface area is 128 Å². The molecular weight excluding hydrogens is 280 g/mol. The first-order valence-corrected chi connectivity index (χ1v) is 7.33. The Morgan fingerprint density at radius 1 is 1.27 bits per heavy atom. The maximum absolute atomic E-state index is 12.4. The van der Waals surface area contributed by atoms with E-state index in [2.05, 4.69) is 10.3 Å². The van der Waals surface area contributed by atoms with Crippen molar-refractivity contribution in [2.45, 2.75) is 33.1 Å². The van der Waals surface area contributed by atoms with Gasteiger partial charge >= 0.3 is 0 Å². The SMILES string of the molecule is Cc1ccc(NC(=O)c2[nH]c3c(c2C)C(=O)CCC3)c(O)c1. The van der Waals surface area contributed by atoms with E-state index in [0.717, 1.165) is 24.1 Å². The van der Waals surface area contributed by atoms with Gasteiger partial charge in [-0.25, -0.2) is 0 Å². The number of anilines is 1. The molecule has 114 valence electrons. The van der Waals surface area contributed by atoms with Crippen molar-refractivity contribution in [2.24, 2.45) is 0 Å². The van der Waals surface area contributed by atoms with Crippen LogP contribution in [0, 0.1) is 13.8 Å². The van der Waals surface area contributed by atoms with Crippen LogP contribution in [0.3, 0.4) is 0 Å². The Morgan fingerprint density at radius 2 is 2.05 bits per heavy atom. The molecule has 0 saturated heterocycles. The minimum Gasteiger partial charge on any atom is -0.506 e. The lowest BCUT2D eigenvalue weighted by atomic mass is 9.94. The predicted molar refractivity (Wildman–Crippen MR) is 83.6 cm³/mol. The second-order valence-electron chi connectivity index (χ2n) is 5.73. The molecule has 0 unspecified atom stereocenters. The summed E-state index contributed by atoms with van der Waals surface area (Å²) < 4.78 is 0. The maximum atomic E-state index is 12.4. The van der Waals surface area contributed by atoms with Gasteiger partial charge in [0.25, 0.3) is 5.91 Å². The highest BCUT2D eigenvalue weighted by molar-refractivity contribution is 6.08. The van der Waals surface area contributed by atoms with Gasteiger partial charge in [0.05, 0.1) is 5.69 Å². The number of H-pyrrole nitrogens is 1. The molecule has 2 aromatic rings. The molecule has 22 heavy (non-hydrogen) atoms. The molecule has 1 aliphatic rings. The monoisotopic (exact) mass is 298 g/mol. The number of phenols is 1. The number of ketones is 1. The zero-order chi connectivity index (χ0) is 15.9. The lowest BCUT2D eigenvalue weighted by Crippen LogP contribution is -2.14. The van der Waals surface area contributed by atoms with Gasteiger partial charge in [-0.2, -0.15) is 0 Å². The molecule has 5 heteroatoms. The van der Waals surface area contributed by atoms with E-state index in [9.17, 15) is 14.7 Å². The van der Waals surface area contributed by atoms with E-state index < -0.39 is 0 Å². The van der Waals surface area contributed by atoms with E-state index in [4.69, 9.17) is 0 Å². The number of hydrogen-bond donors (Lipinski definition) is 3. The van der Waals surface area contributed by atoms with Gasteiger partial charge in [-0.3, -0.25) is 9.59 Å². The summed E-state index contributed by atoms with van der Waals surface area (Å²) in [6.07, 6.45) is 2.13. The molecule has 1 aromatic heterocycles. The highest BCUT2D eigenvalue weighted by atomic mass is 16.3. The molecule has 0 spiro atoms. The van der Waals surface area contributed by atoms with Crippen LogP contribution < -0.4 is 5.32 Å². The molecule has 0 fully saturated rings. The molecule has 0 aliphatic heterocycles. The highest BCUT2D eigenvalue weighted by Crippen LogP contribution is 2.28. The number of phenolic OH excluding ortho intramolecular Hbond substituents is 1. The molecule has 1 amide bonds. The molecule has 3 N–H and O–H groups in total. The number of carbonyl (C=O) groups excluding carboxylic acids is 2. The van der Waals surface area contributed by atoms with Gasteiger partial charge in [0.2, 0.25) is 0 Å². The third kappa shape index (κ3) is 2.39. The molecule has 0 atom stereocenters. The number of aromatic nitrogens is 1. The fourth-order valence-corrected chi connectivity index (χ4v) is 2.93. The van der Waals surface area contributed by atoms with Crippen LogP contribution in [0.5, 0.6) is 5.75 Å². The van der Waals surface area contributed by atoms with Gasteiger partial charge in [0, 0.05) is 17.7 Å². The molecule has 5 nitrogen and oxygen atoms in total. The van der Waals surface area contributed by atoms with E-state index in [1.54, 1.807) is 19.1 Å². The highest BCUT2D eigenvalue weighted by Gasteiger charge is 2.26. The van der Waals surface area contributed by atoms with Crippen molar-refractivity contribution in [3.8, 4) is 5.75 Å². The van der Waals surface area contributed by atoms with Gasteiger partial charge in [-0.05, 0) is 49.9 Å². The number of amides is 1. The Morgan fingerprint density at radius 3 is 2.73 bits per heavy atom. The molecule has 0 bridgehead atoms. The van der Waals surface area contributed by atoms with Gasteiger partial charge in [0.15, 0.2) is 5.78 Å². The van der Waals surface area contributed by atoms with Crippen molar-refractivity contribution in [2.75, 3.05) is 5.32 Å². The van der Waals surface area contributed by atoms with Crippen molar-refractivity contribution >= 4 is 17.4 Å². The van der Waals surface area contributed by atoms with Crippen molar-refractivity contribution in [3.05, 3.63) is 46.3 Å². The number of aryl methyl sites for hydroxylation is 2. The van der Waals surface area contributed by atoms with Crippen LogP contribution in [0.4, 0.5) is 5.69 Å². The van der Waals surface area contributed by atoms with Crippen LogP contribution in [0.25, 0.3) is 0 Å². The third-order valence-electron chi connectivity index (χ3n) is 4.07. The maximum Gasteiger partial charge on any atom is 0.272 e. The van der Waals surface area contributed by atoms with Gasteiger partial charge in [-0.15, -0.1) is 0 Å². The first kappa shape index (κ1) is 14.4. The van der Waals surface area contributed by atoms with Gasteiger partial charge in [0.1, 0.15) is 11.4 Å². The van der Waals surface area contributed by atoms with Crippen LogP contribution in [0.1, 0.15) is 50.5 Å². The Bertz CT molecular complexity index is 774. The zero-order valence-electron chi connectivity index (χ0n) is 12.6. The summed E-state index contributed by atoms with van der Waals surface area (Å²) in [4.78, 5) is 27.5. The number of aromatic hydroxyl groups is 1. The number of benzene rings is 1. The summed E-state index contributed by atoms with van der Waals surface area (Å²) in [5.41, 5.74) is 3.84. The van der Waals surface area contributed by atoms with E-state index in [1.807, 2.05) is 13.0 Å².